The van der Waals surface area contributed by atoms with E-state index in [4.69, 9.17) is 4.74 Å². The van der Waals surface area contributed by atoms with E-state index >= 15 is 0 Å². The van der Waals surface area contributed by atoms with Crippen molar-refractivity contribution >= 4 is 17.6 Å². The van der Waals surface area contributed by atoms with Crippen LogP contribution in [-0.2, 0) is 16.1 Å². The number of carbonyl (C=O) groups is 2. The largest absolute Gasteiger partial charge is 0.449 e. The molecule has 0 bridgehead atoms. The summed E-state index contributed by atoms with van der Waals surface area (Å²) < 4.78 is 20.8. The Morgan fingerprint density at radius 2 is 1.77 bits per heavy atom. The Labute approximate surface area is 174 Å². The molecule has 1 N–H and O–H groups in total. The number of ether oxygens (including phenoxy) is 1. The van der Waals surface area contributed by atoms with Gasteiger partial charge in [-0.3, -0.25) is 9.48 Å². The molecule has 0 aliphatic rings. The molecule has 3 rings (SSSR count). The van der Waals surface area contributed by atoms with Crippen LogP contribution in [0.2, 0.25) is 0 Å². The molecule has 0 saturated heterocycles. The maximum Gasteiger partial charge on any atom is 0.342 e. The molecular weight excluding hydrogens is 385 g/mol. The summed E-state index contributed by atoms with van der Waals surface area (Å²) in [5.41, 5.74) is 3.75. The molecule has 0 aliphatic carbocycles. The van der Waals surface area contributed by atoms with Gasteiger partial charge in [0.2, 0.25) is 0 Å². The average Bonchev–Trinajstić information content (AvgIpc) is 2.98. The lowest BCUT2D eigenvalue weighted by Gasteiger charge is -2.14. The van der Waals surface area contributed by atoms with Crippen LogP contribution in [0.25, 0.3) is 0 Å². The molecule has 1 amide bonds. The minimum atomic E-state index is -1.10. The van der Waals surface area contributed by atoms with E-state index in [-0.39, 0.29) is 5.69 Å². The number of amides is 1. The standard InChI is InChI=1S/C23H24FN3O3/c1-14-9-11-18(12-10-14)13-27-16(3)21(15(2)26-27)23(29)30-17(4)22(28)25-20-8-6-5-7-19(20)24/h5-12,17H,13H2,1-4H3,(H,25,28)/t17-/m0/s1. The van der Waals surface area contributed by atoms with Gasteiger partial charge in [-0.1, -0.05) is 42.0 Å². The Balaban J connectivity index is 1.70. The highest BCUT2D eigenvalue weighted by molar-refractivity contribution is 5.98. The third-order valence-electron chi connectivity index (χ3n) is 4.82. The number of benzene rings is 2. The lowest BCUT2D eigenvalue weighted by molar-refractivity contribution is -0.123. The number of nitrogens with one attached hydrogen (secondary N) is 1. The second kappa shape index (κ2) is 8.90. The molecule has 6 nitrogen and oxygen atoms in total. The molecule has 0 spiro atoms. The van der Waals surface area contributed by atoms with Crippen molar-refractivity contribution < 1.29 is 18.7 Å². The van der Waals surface area contributed by atoms with Crippen molar-refractivity contribution in [2.75, 3.05) is 5.32 Å². The van der Waals surface area contributed by atoms with E-state index in [1.807, 2.05) is 31.2 Å². The van der Waals surface area contributed by atoms with Crippen LogP contribution in [0.3, 0.4) is 0 Å². The molecule has 3 aromatic rings. The molecule has 0 fully saturated rings. The number of nitrogens with zero attached hydrogens (tertiary/aromatic N) is 2. The summed E-state index contributed by atoms with van der Waals surface area (Å²) in [5, 5.41) is 6.87. The van der Waals surface area contributed by atoms with Crippen LogP contribution in [0.4, 0.5) is 10.1 Å². The van der Waals surface area contributed by atoms with Crippen molar-refractivity contribution in [3.05, 3.63) is 82.4 Å². The Bertz CT molecular complexity index is 1070. The quantitative estimate of drug-likeness (QED) is 0.620. The highest BCUT2D eigenvalue weighted by Crippen LogP contribution is 2.18. The number of rotatable bonds is 6. The molecule has 7 heteroatoms. The van der Waals surface area contributed by atoms with Crippen molar-refractivity contribution in [3.63, 3.8) is 0 Å². The summed E-state index contributed by atoms with van der Waals surface area (Å²) in [4.78, 5) is 25.0. The molecule has 0 unspecified atom stereocenters. The summed E-state index contributed by atoms with van der Waals surface area (Å²) in [7, 11) is 0. The van der Waals surface area contributed by atoms with E-state index in [0.29, 0.717) is 23.5 Å². The number of hydrogen-bond acceptors (Lipinski definition) is 4. The fourth-order valence-electron chi connectivity index (χ4n) is 3.08. The first-order chi connectivity index (χ1) is 14.3. The van der Waals surface area contributed by atoms with Gasteiger partial charge in [0, 0.05) is 0 Å². The van der Waals surface area contributed by atoms with Crippen molar-refractivity contribution in [2.24, 2.45) is 0 Å². The number of aromatic nitrogens is 2. The van der Waals surface area contributed by atoms with Gasteiger partial charge in [0.15, 0.2) is 6.10 Å². The first kappa shape index (κ1) is 21.2. The fraction of sp³-hybridized carbons (Fsp3) is 0.261. The number of halogens is 1. The molecule has 0 aliphatic heterocycles. The minimum absolute atomic E-state index is 0.0312. The minimum Gasteiger partial charge on any atom is -0.449 e. The smallest absolute Gasteiger partial charge is 0.342 e. The van der Waals surface area contributed by atoms with Crippen LogP contribution in [0, 0.1) is 26.6 Å². The normalized spacial score (nSPS) is 11.8. The van der Waals surface area contributed by atoms with Crippen LogP contribution in [-0.4, -0.2) is 27.8 Å². The second-order valence-electron chi connectivity index (χ2n) is 7.21. The predicted molar refractivity (Wildman–Crippen MR) is 112 cm³/mol. The monoisotopic (exact) mass is 409 g/mol. The summed E-state index contributed by atoms with van der Waals surface area (Å²) in [6.45, 7) is 7.48. The highest BCUT2D eigenvalue weighted by atomic mass is 19.1. The number of anilines is 1. The van der Waals surface area contributed by atoms with Gasteiger partial charge in [0.05, 0.1) is 23.6 Å². The van der Waals surface area contributed by atoms with Crippen molar-refractivity contribution in [1.82, 2.24) is 9.78 Å². The molecule has 30 heavy (non-hydrogen) atoms. The van der Waals surface area contributed by atoms with Crippen molar-refractivity contribution in [3.8, 4) is 0 Å². The molecule has 1 heterocycles. The van der Waals surface area contributed by atoms with Gasteiger partial charge in [0.25, 0.3) is 5.91 Å². The summed E-state index contributed by atoms with van der Waals surface area (Å²) in [6.07, 6.45) is -1.10. The number of hydrogen-bond donors (Lipinski definition) is 1. The SMILES string of the molecule is Cc1ccc(Cn2nc(C)c(C(=O)O[C@@H](C)C(=O)Nc3ccccc3F)c2C)cc1. The molecule has 156 valence electrons. The number of para-hydroxylation sites is 1. The van der Waals surface area contributed by atoms with Gasteiger partial charge in [-0.15, -0.1) is 0 Å². The number of esters is 1. The van der Waals surface area contributed by atoms with E-state index in [2.05, 4.69) is 10.4 Å². The maximum absolute atomic E-state index is 13.7. The topological polar surface area (TPSA) is 73.2 Å². The van der Waals surface area contributed by atoms with Gasteiger partial charge in [-0.25, -0.2) is 9.18 Å². The number of carbonyl (C=O) groups excluding carboxylic acids is 2. The van der Waals surface area contributed by atoms with E-state index < -0.39 is 23.8 Å². The van der Waals surface area contributed by atoms with Gasteiger partial charge in [0.1, 0.15) is 11.4 Å². The molecule has 1 atom stereocenters. The Morgan fingerprint density at radius 1 is 1.10 bits per heavy atom. The molecule has 2 aromatic carbocycles. The first-order valence-corrected chi connectivity index (χ1v) is 9.62. The Hall–Kier alpha value is -3.48. The molecular formula is C23H24FN3O3. The van der Waals surface area contributed by atoms with Gasteiger partial charge in [-0.05, 0) is 45.4 Å². The lowest BCUT2D eigenvalue weighted by Crippen LogP contribution is -2.30. The summed E-state index contributed by atoms with van der Waals surface area (Å²) in [5.74, 6) is -1.82. The average molecular weight is 409 g/mol. The van der Waals surface area contributed by atoms with Crippen LogP contribution in [0.5, 0.6) is 0 Å². The summed E-state index contributed by atoms with van der Waals surface area (Å²) in [6, 6.07) is 13.9. The van der Waals surface area contributed by atoms with Crippen LogP contribution in [0.15, 0.2) is 48.5 Å². The summed E-state index contributed by atoms with van der Waals surface area (Å²) >= 11 is 0. The third-order valence-corrected chi connectivity index (χ3v) is 4.82. The second-order valence-corrected chi connectivity index (χ2v) is 7.21. The zero-order valence-electron chi connectivity index (χ0n) is 17.4. The molecule has 1 aromatic heterocycles. The van der Waals surface area contributed by atoms with Crippen LogP contribution in [0.1, 0.15) is 39.8 Å². The lowest BCUT2D eigenvalue weighted by atomic mass is 10.1. The van der Waals surface area contributed by atoms with E-state index in [9.17, 15) is 14.0 Å². The third kappa shape index (κ3) is 4.74. The van der Waals surface area contributed by atoms with Gasteiger partial charge < -0.3 is 10.1 Å². The zero-order valence-corrected chi connectivity index (χ0v) is 17.4. The van der Waals surface area contributed by atoms with Crippen molar-refractivity contribution in [1.29, 1.82) is 0 Å². The van der Waals surface area contributed by atoms with Crippen LogP contribution >= 0.6 is 0 Å². The predicted octanol–water partition coefficient (Wildman–Crippen LogP) is 4.18. The Kier molecular flexibility index (Phi) is 6.30. The highest BCUT2D eigenvalue weighted by Gasteiger charge is 2.25. The van der Waals surface area contributed by atoms with E-state index in [1.165, 1.54) is 30.7 Å². The molecule has 0 saturated carbocycles. The fourth-order valence-corrected chi connectivity index (χ4v) is 3.08. The van der Waals surface area contributed by atoms with Crippen LogP contribution < -0.4 is 5.32 Å². The van der Waals surface area contributed by atoms with Crippen molar-refractivity contribution in [2.45, 2.75) is 40.3 Å². The van der Waals surface area contributed by atoms with Gasteiger partial charge >= 0.3 is 5.97 Å². The number of aryl methyl sites for hydroxylation is 2. The molecule has 0 radical (unpaired) electrons. The maximum atomic E-state index is 13.7. The van der Waals surface area contributed by atoms with Gasteiger partial charge in [-0.2, -0.15) is 5.10 Å². The van der Waals surface area contributed by atoms with E-state index in [1.54, 1.807) is 24.6 Å². The first-order valence-electron chi connectivity index (χ1n) is 9.62. The van der Waals surface area contributed by atoms with E-state index in [0.717, 1.165) is 5.56 Å². The Morgan fingerprint density at radius 3 is 2.43 bits per heavy atom. The zero-order chi connectivity index (χ0) is 21.8.